The van der Waals surface area contributed by atoms with E-state index in [9.17, 15) is 0 Å². The maximum atomic E-state index is 6.49. The van der Waals surface area contributed by atoms with Gasteiger partial charge >= 0.3 is 0 Å². The smallest absolute Gasteiger partial charge is 0.148 e. The van der Waals surface area contributed by atoms with Crippen molar-refractivity contribution in [1.29, 1.82) is 0 Å². The second kappa shape index (κ2) is 13.7. The van der Waals surface area contributed by atoms with E-state index in [2.05, 4.69) is 87.3 Å². The van der Waals surface area contributed by atoms with Crippen molar-refractivity contribution in [2.75, 3.05) is 0 Å². The summed E-state index contributed by atoms with van der Waals surface area (Å²) in [7, 11) is 0. The summed E-state index contributed by atoms with van der Waals surface area (Å²) in [4.78, 5) is 13.9. The molecule has 0 amide bonds. The largest absolute Gasteiger partial charge is 0.498 e. The molecule has 0 aliphatic heterocycles. The van der Waals surface area contributed by atoms with E-state index in [0.717, 1.165) is 59.7 Å². The number of aryl methyl sites for hydroxylation is 3. The molecular weight excluding hydrogens is 775 g/mol. The minimum Gasteiger partial charge on any atom is -0.498 e. The van der Waals surface area contributed by atoms with Crippen LogP contribution in [0.5, 0.6) is 0 Å². The van der Waals surface area contributed by atoms with Crippen molar-refractivity contribution < 1.29 is 24.5 Å². The Morgan fingerprint density at radius 1 is 0.745 bits per heavy atom. The van der Waals surface area contributed by atoms with E-state index in [-0.39, 0.29) is 20.1 Å². The average Bonchev–Trinajstić information content (AvgIpc) is 3.66. The van der Waals surface area contributed by atoms with Crippen LogP contribution in [0.4, 0.5) is 0 Å². The van der Waals surface area contributed by atoms with Gasteiger partial charge in [0.1, 0.15) is 11.1 Å². The molecule has 0 fully saturated rings. The first-order chi connectivity index (χ1) is 22.4. The molecule has 6 heteroatoms. The van der Waals surface area contributed by atoms with Crippen molar-refractivity contribution in [3.8, 4) is 33.6 Å². The summed E-state index contributed by atoms with van der Waals surface area (Å²) in [5, 5.41) is 3.20. The molecule has 4 heterocycles. The molecule has 1 radical (unpaired) electrons. The molecule has 0 saturated carbocycles. The van der Waals surface area contributed by atoms with Crippen LogP contribution < -0.4 is 0 Å². The second-order valence-corrected chi connectivity index (χ2v) is 13.0. The molecule has 0 saturated heterocycles. The number of furan rings is 1. The molecule has 8 aromatic rings. The van der Waals surface area contributed by atoms with Gasteiger partial charge < -0.3 is 14.4 Å². The van der Waals surface area contributed by atoms with Crippen LogP contribution in [0.15, 0.2) is 108 Å². The number of aromatic nitrogens is 3. The van der Waals surface area contributed by atoms with Crippen LogP contribution in [-0.4, -0.2) is 15.0 Å². The normalized spacial score (nSPS) is 11.1. The Labute approximate surface area is 292 Å². The fourth-order valence-corrected chi connectivity index (χ4v) is 6.93. The molecule has 0 aliphatic carbocycles. The molecule has 0 spiro atoms. The van der Waals surface area contributed by atoms with Crippen LogP contribution in [0.1, 0.15) is 41.5 Å². The quantitative estimate of drug-likeness (QED) is 0.166. The van der Waals surface area contributed by atoms with Crippen LogP contribution in [0.2, 0.25) is 0 Å². The molecule has 8 rings (SSSR count). The van der Waals surface area contributed by atoms with E-state index in [1.165, 1.54) is 27.8 Å². The molecule has 0 atom stereocenters. The summed E-state index contributed by atoms with van der Waals surface area (Å²) in [6, 6.07) is 37.2. The zero-order valence-corrected chi connectivity index (χ0v) is 30.1. The zero-order chi connectivity index (χ0) is 31.8. The van der Waals surface area contributed by atoms with Gasteiger partial charge in [-0.2, -0.15) is 0 Å². The number of thiazole rings is 1. The summed E-state index contributed by atoms with van der Waals surface area (Å²) >= 11 is 1.69. The van der Waals surface area contributed by atoms with E-state index >= 15 is 0 Å². The Kier molecular flexibility index (Phi) is 9.47. The maximum absolute atomic E-state index is 6.49. The van der Waals surface area contributed by atoms with Crippen LogP contribution in [0.25, 0.3) is 65.8 Å². The third-order valence-electron chi connectivity index (χ3n) is 8.28. The number of nitrogens with zero attached hydrogens (tertiary/aromatic N) is 3. The molecule has 4 aromatic heterocycles. The summed E-state index contributed by atoms with van der Waals surface area (Å²) in [5.74, 6) is 0.350. The number of hydrogen-bond donors (Lipinski definition) is 0. The van der Waals surface area contributed by atoms with Gasteiger partial charge in [-0.05, 0) is 72.5 Å². The first-order valence-corrected chi connectivity index (χ1v) is 16.3. The van der Waals surface area contributed by atoms with E-state index in [4.69, 9.17) is 14.4 Å². The summed E-state index contributed by atoms with van der Waals surface area (Å²) < 4.78 is 7.64. The summed E-state index contributed by atoms with van der Waals surface area (Å²) in [5.41, 5.74) is 12.7. The molecule has 0 N–H and O–H groups in total. The van der Waals surface area contributed by atoms with Crippen LogP contribution in [0, 0.1) is 32.9 Å². The van der Waals surface area contributed by atoms with Gasteiger partial charge in [0.05, 0.1) is 15.3 Å². The van der Waals surface area contributed by atoms with Crippen molar-refractivity contribution in [2.45, 2.75) is 40.5 Å². The molecule has 0 unspecified atom stereocenters. The molecule has 47 heavy (non-hydrogen) atoms. The summed E-state index contributed by atoms with van der Waals surface area (Å²) in [6.45, 7) is 10.9. The average molecular weight is 808 g/mol. The zero-order valence-electron chi connectivity index (χ0n) is 26.9. The van der Waals surface area contributed by atoms with E-state index in [1.54, 1.807) is 17.5 Å². The minimum absolute atomic E-state index is 0. The SMILES string of the molecule is Cc1nc2c(ccc3c4cc[c-]c(-c5cc(C(C)C)c(-c6c(C)cccc6C)cn5)c4oc32)s1.[Ir].[c-]1ccccc1-c1ccccn1. The van der Waals surface area contributed by atoms with Gasteiger partial charge in [-0.1, -0.05) is 67.3 Å². The van der Waals surface area contributed by atoms with Gasteiger partial charge in [0.25, 0.3) is 0 Å². The Morgan fingerprint density at radius 3 is 2.26 bits per heavy atom. The molecular formula is C41H33IrN3OS-2. The standard InChI is InChI=1S/C30H25N2OS.C11H8N.Ir/c1-16(2)23-14-25(31-15-24(23)27-17(3)8-6-9-18(27)4)22-11-7-10-20-21-12-13-26-28(32-19(5)34-26)30(21)33-29(20)22;1-2-6-10(7-3-1)11-8-4-5-9-12-11;/h6-10,12-16H,1-5H3;1-6,8-9H;/q2*-1;. The van der Waals surface area contributed by atoms with Crippen molar-refractivity contribution in [3.05, 3.63) is 137 Å². The Hall–Kier alpha value is -4.48. The Bertz CT molecular complexity index is 2270. The number of fused-ring (bicyclic) bond motifs is 5. The van der Waals surface area contributed by atoms with Gasteiger partial charge in [-0.3, -0.25) is 0 Å². The van der Waals surface area contributed by atoms with Crippen molar-refractivity contribution in [3.63, 3.8) is 0 Å². The fourth-order valence-electron chi connectivity index (χ4n) is 6.10. The van der Waals surface area contributed by atoms with Gasteiger partial charge in [0, 0.05) is 43.4 Å². The maximum Gasteiger partial charge on any atom is 0.148 e. The monoisotopic (exact) mass is 808 g/mol. The third-order valence-corrected chi connectivity index (χ3v) is 9.22. The first kappa shape index (κ1) is 32.5. The van der Waals surface area contributed by atoms with E-state index in [0.29, 0.717) is 5.92 Å². The second-order valence-electron chi connectivity index (χ2n) is 11.8. The van der Waals surface area contributed by atoms with Crippen LogP contribution >= 0.6 is 11.3 Å². The summed E-state index contributed by atoms with van der Waals surface area (Å²) in [6.07, 6.45) is 3.81. The van der Waals surface area contributed by atoms with Gasteiger partial charge in [-0.15, -0.1) is 65.4 Å². The fraction of sp³-hybridized carbons (Fsp3) is 0.146. The number of rotatable bonds is 4. The van der Waals surface area contributed by atoms with E-state index in [1.807, 2.05) is 61.7 Å². The predicted molar refractivity (Wildman–Crippen MR) is 191 cm³/mol. The molecule has 4 aromatic carbocycles. The molecule has 0 bridgehead atoms. The number of benzene rings is 4. The Balaban J connectivity index is 0.000000250. The third kappa shape index (κ3) is 6.29. The molecule has 235 valence electrons. The van der Waals surface area contributed by atoms with Crippen LogP contribution in [-0.2, 0) is 20.1 Å². The van der Waals surface area contributed by atoms with Gasteiger partial charge in [-0.25, -0.2) is 4.98 Å². The van der Waals surface area contributed by atoms with Crippen LogP contribution in [0.3, 0.4) is 0 Å². The predicted octanol–water partition coefficient (Wildman–Crippen LogP) is 11.3. The minimum atomic E-state index is 0. The molecule has 0 aliphatic rings. The van der Waals surface area contributed by atoms with Crippen molar-refractivity contribution in [2.24, 2.45) is 0 Å². The van der Waals surface area contributed by atoms with Crippen molar-refractivity contribution >= 4 is 43.5 Å². The topological polar surface area (TPSA) is 51.8 Å². The number of pyridine rings is 2. The number of hydrogen-bond acceptors (Lipinski definition) is 5. The van der Waals surface area contributed by atoms with Gasteiger partial charge in [0.2, 0.25) is 0 Å². The Morgan fingerprint density at radius 2 is 1.53 bits per heavy atom. The first-order valence-electron chi connectivity index (χ1n) is 15.5. The van der Waals surface area contributed by atoms with Crippen molar-refractivity contribution in [1.82, 2.24) is 15.0 Å². The molecule has 4 nitrogen and oxygen atoms in total. The van der Waals surface area contributed by atoms with Gasteiger partial charge in [0.15, 0.2) is 0 Å². The van der Waals surface area contributed by atoms with E-state index < -0.39 is 0 Å².